The second-order valence-electron chi connectivity index (χ2n) is 5.51. The van der Waals surface area contributed by atoms with Crippen molar-refractivity contribution in [3.63, 3.8) is 0 Å². The molecule has 1 unspecified atom stereocenters. The van der Waals surface area contributed by atoms with Crippen LogP contribution in [0.15, 0.2) is 22.7 Å². The SMILES string of the molecule is Oc1ccc(-c2nc(C3CN4CCN3CC4)no2)c(O)c1. The first-order chi connectivity index (χ1) is 10.2. The minimum atomic E-state index is -0.0700. The van der Waals surface area contributed by atoms with Gasteiger partial charge in [0.05, 0.1) is 11.6 Å². The number of hydrogen-bond donors (Lipinski definition) is 2. The molecule has 0 spiro atoms. The lowest BCUT2D eigenvalue weighted by Gasteiger charge is -2.46. The third-order valence-corrected chi connectivity index (χ3v) is 4.23. The molecule has 2 aromatic rings. The molecule has 0 aliphatic carbocycles. The first kappa shape index (κ1) is 12.6. The molecule has 4 heterocycles. The van der Waals surface area contributed by atoms with Gasteiger partial charge >= 0.3 is 0 Å². The highest BCUT2D eigenvalue weighted by atomic mass is 16.5. The van der Waals surface area contributed by atoms with Crippen LogP contribution in [0.1, 0.15) is 11.9 Å². The van der Waals surface area contributed by atoms with Crippen LogP contribution in [0.3, 0.4) is 0 Å². The largest absolute Gasteiger partial charge is 0.508 e. The Morgan fingerprint density at radius 3 is 2.62 bits per heavy atom. The van der Waals surface area contributed by atoms with Crippen molar-refractivity contribution in [2.45, 2.75) is 6.04 Å². The average molecular weight is 288 g/mol. The van der Waals surface area contributed by atoms with Crippen molar-refractivity contribution in [3.8, 4) is 23.0 Å². The molecule has 3 saturated heterocycles. The van der Waals surface area contributed by atoms with Gasteiger partial charge in [0, 0.05) is 38.8 Å². The summed E-state index contributed by atoms with van der Waals surface area (Å²) in [7, 11) is 0. The molecule has 3 aliphatic heterocycles. The van der Waals surface area contributed by atoms with Gasteiger partial charge in [-0.3, -0.25) is 9.80 Å². The quantitative estimate of drug-likeness (QED) is 0.846. The normalized spacial score (nSPS) is 27.9. The van der Waals surface area contributed by atoms with E-state index in [1.54, 1.807) is 6.07 Å². The molecule has 1 aromatic carbocycles. The fourth-order valence-corrected chi connectivity index (χ4v) is 3.04. The van der Waals surface area contributed by atoms with Crippen molar-refractivity contribution in [2.24, 2.45) is 0 Å². The Morgan fingerprint density at radius 2 is 1.95 bits per heavy atom. The Morgan fingerprint density at radius 1 is 1.14 bits per heavy atom. The van der Waals surface area contributed by atoms with Gasteiger partial charge in [-0.15, -0.1) is 0 Å². The molecular weight excluding hydrogens is 272 g/mol. The van der Waals surface area contributed by atoms with Gasteiger partial charge < -0.3 is 14.7 Å². The first-order valence-electron chi connectivity index (χ1n) is 7.03. The number of piperazine rings is 3. The molecule has 3 aliphatic rings. The number of aromatic hydroxyl groups is 2. The number of aromatic nitrogens is 2. The maximum absolute atomic E-state index is 9.86. The lowest BCUT2D eigenvalue weighted by molar-refractivity contribution is 0.00781. The minimum Gasteiger partial charge on any atom is -0.508 e. The molecule has 0 radical (unpaired) electrons. The number of phenols is 2. The highest BCUT2D eigenvalue weighted by molar-refractivity contribution is 5.63. The van der Waals surface area contributed by atoms with Crippen molar-refractivity contribution < 1.29 is 14.7 Å². The number of nitrogens with zero attached hydrogens (tertiary/aromatic N) is 4. The third kappa shape index (κ3) is 2.14. The molecular formula is C14H16N4O3. The highest BCUT2D eigenvalue weighted by Gasteiger charge is 2.35. The first-order valence-corrected chi connectivity index (χ1v) is 7.03. The molecule has 3 fully saturated rings. The van der Waals surface area contributed by atoms with Crippen LogP contribution in [-0.2, 0) is 0 Å². The van der Waals surface area contributed by atoms with Crippen LogP contribution >= 0.6 is 0 Å². The fourth-order valence-electron chi connectivity index (χ4n) is 3.04. The molecule has 1 atom stereocenters. The predicted molar refractivity (Wildman–Crippen MR) is 73.8 cm³/mol. The summed E-state index contributed by atoms with van der Waals surface area (Å²) in [6.45, 7) is 5.17. The van der Waals surface area contributed by atoms with Crippen molar-refractivity contribution in [1.29, 1.82) is 0 Å². The lowest BCUT2D eigenvalue weighted by Crippen LogP contribution is -2.57. The van der Waals surface area contributed by atoms with E-state index < -0.39 is 0 Å². The van der Waals surface area contributed by atoms with Gasteiger partial charge in [0.25, 0.3) is 5.89 Å². The summed E-state index contributed by atoms with van der Waals surface area (Å²) in [6, 6.07) is 4.47. The Bertz CT molecular complexity index is 664. The molecule has 1 aromatic heterocycles. The summed E-state index contributed by atoms with van der Waals surface area (Å²) < 4.78 is 5.28. The van der Waals surface area contributed by atoms with Gasteiger partial charge in [-0.05, 0) is 12.1 Å². The topological polar surface area (TPSA) is 85.9 Å². The molecule has 7 nitrogen and oxygen atoms in total. The molecule has 2 bridgehead atoms. The number of fused-ring (bicyclic) bond motifs is 3. The minimum absolute atomic E-state index is 0.000472. The summed E-state index contributed by atoms with van der Waals surface area (Å²) >= 11 is 0. The summed E-state index contributed by atoms with van der Waals surface area (Å²) in [5, 5.41) is 23.3. The molecule has 7 heteroatoms. The maximum Gasteiger partial charge on any atom is 0.261 e. The molecule has 110 valence electrons. The van der Waals surface area contributed by atoms with E-state index in [1.165, 1.54) is 12.1 Å². The average Bonchev–Trinajstić information content (AvgIpc) is 2.98. The Balaban J connectivity index is 1.64. The van der Waals surface area contributed by atoms with Gasteiger partial charge in [-0.2, -0.15) is 4.98 Å². The molecule has 2 N–H and O–H groups in total. The van der Waals surface area contributed by atoms with E-state index in [2.05, 4.69) is 19.9 Å². The summed E-state index contributed by atoms with van der Waals surface area (Å²) in [5.74, 6) is 0.862. The van der Waals surface area contributed by atoms with E-state index in [0.717, 1.165) is 32.7 Å². The fraction of sp³-hybridized carbons (Fsp3) is 0.429. The number of rotatable bonds is 2. The van der Waals surface area contributed by atoms with Crippen molar-refractivity contribution in [3.05, 3.63) is 24.0 Å². The van der Waals surface area contributed by atoms with Crippen LogP contribution in [-0.4, -0.2) is 62.9 Å². The van der Waals surface area contributed by atoms with E-state index in [0.29, 0.717) is 11.4 Å². The third-order valence-electron chi connectivity index (χ3n) is 4.23. The van der Waals surface area contributed by atoms with E-state index in [-0.39, 0.29) is 23.4 Å². The standard InChI is InChI=1S/C14H16N4O3/c19-9-1-2-10(12(20)7-9)14-15-13(16-21-14)11-8-17-3-5-18(11)6-4-17/h1-2,7,11,19-20H,3-6,8H2. The Labute approximate surface area is 121 Å². The summed E-state index contributed by atoms with van der Waals surface area (Å²) in [5.41, 5.74) is 0.433. The molecule has 0 amide bonds. The van der Waals surface area contributed by atoms with Gasteiger partial charge in [0.1, 0.15) is 11.5 Å². The van der Waals surface area contributed by atoms with Crippen molar-refractivity contribution in [1.82, 2.24) is 19.9 Å². The van der Waals surface area contributed by atoms with Gasteiger partial charge in [-0.1, -0.05) is 5.16 Å². The zero-order chi connectivity index (χ0) is 14.4. The van der Waals surface area contributed by atoms with E-state index in [1.807, 2.05) is 0 Å². The lowest BCUT2D eigenvalue weighted by atomic mass is 10.1. The van der Waals surface area contributed by atoms with E-state index in [9.17, 15) is 10.2 Å². The molecule has 5 rings (SSSR count). The van der Waals surface area contributed by atoms with Gasteiger partial charge in [-0.25, -0.2) is 0 Å². The van der Waals surface area contributed by atoms with Crippen LogP contribution < -0.4 is 0 Å². The van der Waals surface area contributed by atoms with E-state index >= 15 is 0 Å². The molecule has 0 saturated carbocycles. The molecule has 21 heavy (non-hydrogen) atoms. The number of hydrogen-bond acceptors (Lipinski definition) is 7. The Kier molecular flexibility index (Phi) is 2.83. The van der Waals surface area contributed by atoms with Crippen LogP contribution in [0.2, 0.25) is 0 Å². The number of phenolic OH excluding ortho intramolecular Hbond substituents is 2. The smallest absolute Gasteiger partial charge is 0.261 e. The monoisotopic (exact) mass is 288 g/mol. The summed E-state index contributed by atoms with van der Waals surface area (Å²) in [6.07, 6.45) is 0. The van der Waals surface area contributed by atoms with Gasteiger partial charge in [0.15, 0.2) is 5.82 Å². The van der Waals surface area contributed by atoms with Crippen LogP contribution in [0.4, 0.5) is 0 Å². The zero-order valence-corrected chi connectivity index (χ0v) is 11.4. The van der Waals surface area contributed by atoms with Crippen molar-refractivity contribution in [2.75, 3.05) is 32.7 Å². The zero-order valence-electron chi connectivity index (χ0n) is 11.4. The van der Waals surface area contributed by atoms with Gasteiger partial charge in [0.2, 0.25) is 0 Å². The summed E-state index contributed by atoms with van der Waals surface area (Å²) in [4.78, 5) is 9.19. The predicted octanol–water partition coefficient (Wildman–Crippen LogP) is 0.820. The second-order valence-corrected chi connectivity index (χ2v) is 5.51. The van der Waals surface area contributed by atoms with E-state index in [4.69, 9.17) is 4.52 Å². The highest BCUT2D eigenvalue weighted by Crippen LogP contribution is 2.33. The van der Waals surface area contributed by atoms with Crippen LogP contribution in [0.5, 0.6) is 11.5 Å². The second kappa shape index (κ2) is 4.71. The number of benzene rings is 1. The van der Waals surface area contributed by atoms with Crippen molar-refractivity contribution >= 4 is 0 Å². The Hall–Kier alpha value is -2.12. The van der Waals surface area contributed by atoms with Crippen LogP contribution in [0, 0.1) is 0 Å². The van der Waals surface area contributed by atoms with Crippen LogP contribution in [0.25, 0.3) is 11.5 Å². The maximum atomic E-state index is 9.86.